The Kier molecular flexibility index (Phi) is 4.73. The van der Waals surface area contributed by atoms with Crippen LogP contribution in [0.1, 0.15) is 54.5 Å². The number of hydrogen-bond donors (Lipinski definition) is 1. The molecule has 0 fully saturated rings. The first-order valence-electron chi connectivity index (χ1n) is 7.18. The summed E-state index contributed by atoms with van der Waals surface area (Å²) in [4.78, 5) is 0. The van der Waals surface area contributed by atoms with E-state index in [0.717, 1.165) is 12.0 Å². The van der Waals surface area contributed by atoms with E-state index in [1.807, 2.05) is 12.1 Å². The molecule has 3 heteroatoms. The number of aryl methyl sites for hydroxylation is 1. The summed E-state index contributed by atoms with van der Waals surface area (Å²) >= 11 is 0. The van der Waals surface area contributed by atoms with Crippen molar-refractivity contribution >= 4 is 0 Å². The zero-order valence-corrected chi connectivity index (χ0v) is 12.5. The fourth-order valence-electron chi connectivity index (χ4n) is 2.34. The normalized spacial score (nSPS) is 14.0. The predicted molar refractivity (Wildman–Crippen MR) is 80.3 cm³/mol. The topological polar surface area (TPSA) is 20.2 Å². The average Bonchev–Trinajstić information content (AvgIpc) is 2.50. The van der Waals surface area contributed by atoms with Crippen LogP contribution in [0.3, 0.4) is 0 Å². The van der Waals surface area contributed by atoms with Gasteiger partial charge in [0.05, 0.1) is 5.56 Å². The molecule has 0 spiro atoms. The van der Waals surface area contributed by atoms with E-state index in [0.29, 0.717) is 17.0 Å². The van der Waals surface area contributed by atoms with Crippen LogP contribution in [0.4, 0.5) is 8.78 Å². The summed E-state index contributed by atoms with van der Waals surface area (Å²) < 4.78 is 27.9. The summed E-state index contributed by atoms with van der Waals surface area (Å²) in [5.41, 5.74) is 1.68. The van der Waals surface area contributed by atoms with Crippen molar-refractivity contribution in [3.63, 3.8) is 0 Å². The molecule has 1 nitrogen and oxygen atoms in total. The summed E-state index contributed by atoms with van der Waals surface area (Å²) in [5.74, 6) is -0.992. The smallest absolute Gasteiger partial charge is 0.135 e. The molecule has 2 rings (SSSR count). The van der Waals surface area contributed by atoms with Gasteiger partial charge in [0.15, 0.2) is 0 Å². The number of aliphatic hydroxyl groups is 1. The molecule has 2 atom stereocenters. The van der Waals surface area contributed by atoms with Crippen LogP contribution in [-0.2, 0) is 0 Å². The summed E-state index contributed by atoms with van der Waals surface area (Å²) in [7, 11) is 0. The van der Waals surface area contributed by atoms with E-state index in [9.17, 15) is 13.9 Å². The number of benzene rings is 2. The Morgan fingerprint density at radius 3 is 2.14 bits per heavy atom. The Balaban J connectivity index is 2.37. The zero-order valence-electron chi connectivity index (χ0n) is 12.5. The first-order valence-corrected chi connectivity index (χ1v) is 7.18. The molecular formula is C18H20F2O. The third-order valence-electron chi connectivity index (χ3n) is 4.03. The Labute approximate surface area is 124 Å². The highest BCUT2D eigenvalue weighted by molar-refractivity contribution is 5.36. The number of rotatable bonds is 4. The van der Waals surface area contributed by atoms with Gasteiger partial charge in [-0.3, -0.25) is 0 Å². The minimum atomic E-state index is -1.30. The van der Waals surface area contributed by atoms with Gasteiger partial charge in [-0.1, -0.05) is 44.2 Å². The van der Waals surface area contributed by atoms with Gasteiger partial charge < -0.3 is 5.11 Å². The Hall–Kier alpha value is -1.74. The molecule has 2 aromatic rings. The van der Waals surface area contributed by atoms with E-state index in [4.69, 9.17) is 0 Å². The van der Waals surface area contributed by atoms with Crippen LogP contribution in [0.5, 0.6) is 0 Å². The minimum absolute atomic E-state index is 0.286. The maximum Gasteiger partial charge on any atom is 0.135 e. The van der Waals surface area contributed by atoms with Crippen LogP contribution >= 0.6 is 0 Å². The highest BCUT2D eigenvalue weighted by Gasteiger charge is 2.21. The molecular weight excluding hydrogens is 270 g/mol. The third-order valence-corrected chi connectivity index (χ3v) is 4.03. The fraction of sp³-hybridized carbons (Fsp3) is 0.333. The van der Waals surface area contributed by atoms with Gasteiger partial charge in [0.1, 0.15) is 17.7 Å². The molecule has 1 N–H and O–H groups in total. The van der Waals surface area contributed by atoms with Gasteiger partial charge in [-0.15, -0.1) is 0 Å². The van der Waals surface area contributed by atoms with Crippen molar-refractivity contribution in [3.05, 3.63) is 70.3 Å². The van der Waals surface area contributed by atoms with E-state index >= 15 is 0 Å². The van der Waals surface area contributed by atoms with E-state index < -0.39 is 17.7 Å². The first-order chi connectivity index (χ1) is 9.95. The standard InChI is InChI=1S/C18H20F2O/c1-4-11(2)13-6-8-14(9-7-13)18(21)16-15(19)10-5-12(3)17(16)20/h5-11,18,21H,4H2,1-3H3. The Morgan fingerprint density at radius 2 is 1.57 bits per heavy atom. The molecule has 0 aliphatic rings. The molecule has 0 saturated heterocycles. The van der Waals surface area contributed by atoms with Crippen LogP contribution in [0, 0.1) is 18.6 Å². The van der Waals surface area contributed by atoms with Crippen molar-refractivity contribution in [3.8, 4) is 0 Å². The van der Waals surface area contributed by atoms with Gasteiger partial charge in [0.25, 0.3) is 0 Å². The van der Waals surface area contributed by atoms with Gasteiger partial charge in [-0.25, -0.2) is 8.78 Å². The van der Waals surface area contributed by atoms with Crippen LogP contribution < -0.4 is 0 Å². The lowest BCUT2D eigenvalue weighted by atomic mass is 9.94. The lowest BCUT2D eigenvalue weighted by molar-refractivity contribution is 0.208. The average molecular weight is 290 g/mol. The van der Waals surface area contributed by atoms with Crippen LogP contribution in [0.2, 0.25) is 0 Å². The maximum atomic E-state index is 14.1. The molecule has 0 heterocycles. The highest BCUT2D eigenvalue weighted by atomic mass is 19.1. The molecule has 0 radical (unpaired) electrons. The highest BCUT2D eigenvalue weighted by Crippen LogP contribution is 2.29. The SMILES string of the molecule is CCC(C)c1ccc(C(O)c2c(F)ccc(C)c2F)cc1. The van der Waals surface area contributed by atoms with E-state index in [-0.39, 0.29) is 5.56 Å². The van der Waals surface area contributed by atoms with Crippen molar-refractivity contribution in [2.75, 3.05) is 0 Å². The van der Waals surface area contributed by atoms with Gasteiger partial charge in [-0.05, 0) is 42.0 Å². The Morgan fingerprint density at radius 1 is 1.00 bits per heavy atom. The van der Waals surface area contributed by atoms with E-state index in [1.54, 1.807) is 19.1 Å². The summed E-state index contributed by atoms with van der Waals surface area (Å²) in [6.07, 6.45) is -0.279. The van der Waals surface area contributed by atoms with Gasteiger partial charge in [0, 0.05) is 0 Å². The number of aliphatic hydroxyl groups excluding tert-OH is 1. The van der Waals surface area contributed by atoms with Gasteiger partial charge in [0.2, 0.25) is 0 Å². The maximum absolute atomic E-state index is 14.1. The van der Waals surface area contributed by atoms with E-state index in [2.05, 4.69) is 13.8 Å². The first kappa shape index (κ1) is 15.6. The van der Waals surface area contributed by atoms with Crippen LogP contribution in [0.15, 0.2) is 36.4 Å². The third kappa shape index (κ3) is 3.13. The second-order valence-corrected chi connectivity index (χ2v) is 5.47. The largest absolute Gasteiger partial charge is 0.383 e. The molecule has 2 unspecified atom stereocenters. The molecule has 0 amide bonds. The van der Waals surface area contributed by atoms with Crippen molar-refractivity contribution in [2.24, 2.45) is 0 Å². The zero-order chi connectivity index (χ0) is 15.6. The lowest BCUT2D eigenvalue weighted by Gasteiger charge is -2.16. The van der Waals surface area contributed by atoms with Crippen LogP contribution in [0.25, 0.3) is 0 Å². The summed E-state index contributed by atoms with van der Waals surface area (Å²) in [6, 6.07) is 9.81. The number of halogens is 2. The fourth-order valence-corrected chi connectivity index (χ4v) is 2.34. The molecule has 0 aliphatic carbocycles. The summed E-state index contributed by atoms with van der Waals surface area (Å²) in [5, 5.41) is 10.3. The second kappa shape index (κ2) is 6.35. The van der Waals surface area contributed by atoms with Crippen molar-refractivity contribution < 1.29 is 13.9 Å². The Bertz CT molecular complexity index is 620. The minimum Gasteiger partial charge on any atom is -0.383 e. The quantitative estimate of drug-likeness (QED) is 0.852. The van der Waals surface area contributed by atoms with Crippen molar-refractivity contribution in [2.45, 2.75) is 39.2 Å². The van der Waals surface area contributed by atoms with Crippen LogP contribution in [-0.4, -0.2) is 5.11 Å². The molecule has 21 heavy (non-hydrogen) atoms. The second-order valence-electron chi connectivity index (χ2n) is 5.47. The van der Waals surface area contributed by atoms with Gasteiger partial charge in [-0.2, -0.15) is 0 Å². The lowest BCUT2D eigenvalue weighted by Crippen LogP contribution is -2.07. The molecule has 0 bridgehead atoms. The molecule has 112 valence electrons. The van der Waals surface area contributed by atoms with Crippen molar-refractivity contribution in [1.29, 1.82) is 0 Å². The molecule has 0 saturated carbocycles. The number of hydrogen-bond acceptors (Lipinski definition) is 1. The summed E-state index contributed by atoms with van der Waals surface area (Å²) in [6.45, 7) is 5.77. The van der Waals surface area contributed by atoms with Gasteiger partial charge >= 0.3 is 0 Å². The molecule has 2 aromatic carbocycles. The molecule has 0 aliphatic heterocycles. The molecule has 0 aromatic heterocycles. The van der Waals surface area contributed by atoms with Crippen molar-refractivity contribution in [1.82, 2.24) is 0 Å². The van der Waals surface area contributed by atoms with E-state index in [1.165, 1.54) is 12.1 Å². The monoisotopic (exact) mass is 290 g/mol. The predicted octanol–water partition coefficient (Wildman–Crippen LogP) is 4.87.